The molecule has 0 aliphatic rings. The first kappa shape index (κ1) is 13.8. The van der Waals surface area contributed by atoms with E-state index in [1.807, 2.05) is 37.4 Å². The van der Waals surface area contributed by atoms with Crippen LogP contribution in [0, 0.1) is 3.57 Å². The molecule has 3 nitrogen and oxygen atoms in total. The monoisotopic (exact) mass is 418 g/mol. The molecule has 0 atom stereocenters. The first-order chi connectivity index (χ1) is 8.69. The summed E-state index contributed by atoms with van der Waals surface area (Å²) in [7, 11) is 1.90. The lowest BCUT2D eigenvalue weighted by Crippen LogP contribution is -2.07. The lowest BCUT2D eigenvalue weighted by molar-refractivity contribution is 0.453. The highest BCUT2D eigenvalue weighted by molar-refractivity contribution is 14.1. The van der Waals surface area contributed by atoms with Crippen molar-refractivity contribution in [1.29, 1.82) is 0 Å². The largest absolute Gasteiger partial charge is 0.439 e. The summed E-state index contributed by atoms with van der Waals surface area (Å²) in [4.78, 5) is 4.31. The Balaban J connectivity index is 2.28. The maximum absolute atomic E-state index is 5.82. The van der Waals surface area contributed by atoms with E-state index >= 15 is 0 Å². The molecule has 0 aliphatic heterocycles. The predicted octanol–water partition coefficient (Wildman–Crippen LogP) is 3.96. The van der Waals surface area contributed by atoms with E-state index in [2.05, 4.69) is 48.8 Å². The van der Waals surface area contributed by atoms with E-state index in [0.29, 0.717) is 12.4 Å². The van der Waals surface area contributed by atoms with Gasteiger partial charge in [-0.3, -0.25) is 0 Å². The molecule has 0 aliphatic carbocycles. The van der Waals surface area contributed by atoms with Gasteiger partial charge in [-0.1, -0.05) is 6.07 Å². The zero-order chi connectivity index (χ0) is 13.0. The summed E-state index contributed by atoms with van der Waals surface area (Å²) >= 11 is 5.67. The van der Waals surface area contributed by atoms with Gasteiger partial charge in [0, 0.05) is 26.3 Å². The summed E-state index contributed by atoms with van der Waals surface area (Å²) in [5.74, 6) is 1.43. The van der Waals surface area contributed by atoms with Crippen LogP contribution < -0.4 is 10.1 Å². The Labute approximate surface area is 128 Å². The highest BCUT2D eigenvalue weighted by atomic mass is 127. The first-order valence-corrected chi connectivity index (χ1v) is 7.28. The number of nitrogens with one attached hydrogen (secondary N) is 1. The van der Waals surface area contributed by atoms with Crippen LogP contribution in [0.5, 0.6) is 11.6 Å². The van der Waals surface area contributed by atoms with E-state index < -0.39 is 0 Å². The van der Waals surface area contributed by atoms with Gasteiger partial charge in [0.05, 0.1) is 0 Å². The van der Waals surface area contributed by atoms with E-state index in [-0.39, 0.29) is 0 Å². The zero-order valence-corrected chi connectivity index (χ0v) is 13.5. The van der Waals surface area contributed by atoms with Gasteiger partial charge in [0.15, 0.2) is 0 Å². The molecule has 0 saturated heterocycles. The van der Waals surface area contributed by atoms with Crippen molar-refractivity contribution in [3.8, 4) is 11.6 Å². The summed E-state index contributed by atoms with van der Waals surface area (Å²) in [6.45, 7) is 0.714. The molecule has 0 fully saturated rings. The van der Waals surface area contributed by atoms with Crippen LogP contribution in [0.4, 0.5) is 0 Å². The number of hydrogen-bond acceptors (Lipinski definition) is 3. The Morgan fingerprint density at radius 2 is 2.22 bits per heavy atom. The molecule has 94 valence electrons. The molecule has 0 amide bonds. The topological polar surface area (TPSA) is 34.2 Å². The van der Waals surface area contributed by atoms with Crippen molar-refractivity contribution >= 4 is 38.5 Å². The summed E-state index contributed by atoms with van der Waals surface area (Å²) in [6, 6.07) is 9.90. The summed E-state index contributed by atoms with van der Waals surface area (Å²) in [6.07, 6.45) is 1.74. The van der Waals surface area contributed by atoms with Crippen molar-refractivity contribution < 1.29 is 4.74 Å². The second-order valence-corrected chi connectivity index (χ2v) is 5.87. The standard InChI is InChI=1S/C13H12BrIN2O/c1-16-7-9-5-10(14)8-17-13(9)18-12-4-2-3-11(15)6-12/h2-6,8,16H,7H2,1H3. The van der Waals surface area contributed by atoms with Gasteiger partial charge in [-0.2, -0.15) is 0 Å². The Hall–Kier alpha value is -0.660. The molecular formula is C13H12BrIN2O. The van der Waals surface area contributed by atoms with E-state index in [1.54, 1.807) is 6.20 Å². The number of halogens is 2. The Bertz CT molecular complexity index is 548. The number of rotatable bonds is 4. The minimum absolute atomic E-state index is 0.634. The molecule has 1 aromatic carbocycles. The van der Waals surface area contributed by atoms with Crippen LogP contribution in [0.15, 0.2) is 41.0 Å². The van der Waals surface area contributed by atoms with Gasteiger partial charge in [-0.05, 0) is 69.8 Å². The number of aromatic nitrogens is 1. The average molecular weight is 419 g/mol. The van der Waals surface area contributed by atoms with Crippen molar-refractivity contribution in [3.05, 3.63) is 50.1 Å². The van der Waals surface area contributed by atoms with Crippen LogP contribution in [0.3, 0.4) is 0 Å². The smallest absolute Gasteiger partial charge is 0.223 e. The van der Waals surface area contributed by atoms with Crippen molar-refractivity contribution in [2.24, 2.45) is 0 Å². The lowest BCUT2D eigenvalue weighted by Gasteiger charge is -2.10. The minimum Gasteiger partial charge on any atom is -0.439 e. The van der Waals surface area contributed by atoms with Crippen LogP contribution in [0.25, 0.3) is 0 Å². The molecule has 18 heavy (non-hydrogen) atoms. The van der Waals surface area contributed by atoms with Crippen molar-refractivity contribution in [2.75, 3.05) is 7.05 Å². The van der Waals surface area contributed by atoms with Crippen molar-refractivity contribution in [3.63, 3.8) is 0 Å². The molecule has 0 unspecified atom stereocenters. The molecule has 2 rings (SSSR count). The van der Waals surface area contributed by atoms with Crippen LogP contribution in [-0.4, -0.2) is 12.0 Å². The average Bonchev–Trinajstić information content (AvgIpc) is 2.33. The number of hydrogen-bond donors (Lipinski definition) is 1. The summed E-state index contributed by atoms with van der Waals surface area (Å²) in [5, 5.41) is 3.11. The normalized spacial score (nSPS) is 10.4. The lowest BCUT2D eigenvalue weighted by atomic mass is 10.2. The summed E-state index contributed by atoms with van der Waals surface area (Å²) in [5.41, 5.74) is 1.02. The quantitative estimate of drug-likeness (QED) is 0.763. The van der Waals surface area contributed by atoms with Gasteiger partial charge in [0.2, 0.25) is 5.88 Å². The van der Waals surface area contributed by atoms with Crippen LogP contribution >= 0.6 is 38.5 Å². The highest BCUT2D eigenvalue weighted by Crippen LogP contribution is 2.26. The third-order valence-corrected chi connectivity index (χ3v) is 3.37. The van der Waals surface area contributed by atoms with Crippen LogP contribution in [0.1, 0.15) is 5.56 Å². The second kappa shape index (κ2) is 6.49. The van der Waals surface area contributed by atoms with E-state index in [1.165, 1.54) is 0 Å². The molecule has 0 bridgehead atoms. The Morgan fingerprint density at radius 1 is 1.39 bits per heavy atom. The molecular weight excluding hydrogens is 407 g/mol. The van der Waals surface area contributed by atoms with Gasteiger partial charge in [-0.15, -0.1) is 0 Å². The maximum Gasteiger partial charge on any atom is 0.223 e. The van der Waals surface area contributed by atoms with Crippen molar-refractivity contribution in [2.45, 2.75) is 6.54 Å². The SMILES string of the molecule is CNCc1cc(Br)cnc1Oc1cccc(I)c1. The van der Waals surface area contributed by atoms with Gasteiger partial charge in [0.1, 0.15) is 5.75 Å². The van der Waals surface area contributed by atoms with E-state index in [4.69, 9.17) is 4.74 Å². The Kier molecular flexibility index (Phi) is 4.96. The maximum atomic E-state index is 5.82. The molecule has 5 heteroatoms. The van der Waals surface area contributed by atoms with Crippen LogP contribution in [0.2, 0.25) is 0 Å². The molecule has 1 N–H and O–H groups in total. The molecule has 0 spiro atoms. The fraction of sp³-hybridized carbons (Fsp3) is 0.154. The third-order valence-electron chi connectivity index (χ3n) is 2.27. The predicted molar refractivity (Wildman–Crippen MR) is 83.9 cm³/mol. The van der Waals surface area contributed by atoms with Crippen molar-refractivity contribution in [1.82, 2.24) is 10.3 Å². The van der Waals surface area contributed by atoms with Gasteiger partial charge in [-0.25, -0.2) is 4.98 Å². The molecule has 0 radical (unpaired) electrons. The molecule has 2 aromatic rings. The zero-order valence-electron chi connectivity index (χ0n) is 9.78. The molecule has 1 heterocycles. The van der Waals surface area contributed by atoms with Gasteiger partial charge >= 0.3 is 0 Å². The number of ether oxygens (including phenoxy) is 1. The number of nitrogens with zero attached hydrogens (tertiary/aromatic N) is 1. The first-order valence-electron chi connectivity index (χ1n) is 5.41. The molecule has 0 saturated carbocycles. The van der Waals surface area contributed by atoms with Crippen LogP contribution in [-0.2, 0) is 6.54 Å². The number of benzene rings is 1. The van der Waals surface area contributed by atoms with E-state index in [0.717, 1.165) is 19.4 Å². The molecule has 1 aromatic heterocycles. The third kappa shape index (κ3) is 3.66. The van der Waals surface area contributed by atoms with E-state index in [9.17, 15) is 0 Å². The Morgan fingerprint density at radius 3 is 2.94 bits per heavy atom. The van der Waals surface area contributed by atoms with Gasteiger partial charge in [0.25, 0.3) is 0 Å². The fourth-order valence-corrected chi connectivity index (χ4v) is 2.41. The minimum atomic E-state index is 0.634. The van der Waals surface area contributed by atoms with Gasteiger partial charge < -0.3 is 10.1 Å². The number of pyridine rings is 1. The summed E-state index contributed by atoms with van der Waals surface area (Å²) < 4.78 is 7.90. The second-order valence-electron chi connectivity index (χ2n) is 3.71. The highest BCUT2D eigenvalue weighted by Gasteiger charge is 2.07. The fourth-order valence-electron chi connectivity index (χ4n) is 1.52.